The van der Waals surface area contributed by atoms with Crippen molar-refractivity contribution in [2.45, 2.75) is 25.3 Å². The largest absolute Gasteiger partial charge is 0.467 e. The summed E-state index contributed by atoms with van der Waals surface area (Å²) in [5.74, 6) is -0.257. The summed E-state index contributed by atoms with van der Waals surface area (Å²) in [7, 11) is 1.28. The standard InChI is InChI=1S/C23H24Cl2N2O3/c1-30-23(29)20(27-22(28)21-18(24)5-3-6-19(21)25)7-2-4-15-10-12-17(13-11-15)26-14-16-8-9-16/h2-6,10-13,16,20,26H,7-9,14H2,1H3,(H,27,28)/b4-2+. The van der Waals surface area contributed by atoms with Crippen LogP contribution in [0.1, 0.15) is 35.2 Å². The summed E-state index contributed by atoms with van der Waals surface area (Å²) < 4.78 is 4.82. The lowest BCUT2D eigenvalue weighted by Crippen LogP contribution is -2.41. The molecule has 1 unspecified atom stereocenters. The molecule has 2 aromatic rings. The first-order valence-corrected chi connectivity index (χ1v) is 10.6. The van der Waals surface area contributed by atoms with Crippen LogP contribution in [0, 0.1) is 5.92 Å². The van der Waals surface area contributed by atoms with Crippen LogP contribution in [-0.2, 0) is 9.53 Å². The van der Waals surface area contributed by atoms with E-state index in [1.54, 1.807) is 18.2 Å². The van der Waals surface area contributed by atoms with Crippen molar-refractivity contribution >= 4 is 46.8 Å². The second-order valence-corrected chi connectivity index (χ2v) is 8.04. The highest BCUT2D eigenvalue weighted by molar-refractivity contribution is 6.39. The molecule has 1 amide bonds. The zero-order valence-corrected chi connectivity index (χ0v) is 18.2. The molecule has 1 saturated carbocycles. The van der Waals surface area contributed by atoms with Crippen LogP contribution in [0.15, 0.2) is 48.5 Å². The van der Waals surface area contributed by atoms with E-state index in [4.69, 9.17) is 27.9 Å². The summed E-state index contributed by atoms with van der Waals surface area (Å²) in [4.78, 5) is 24.7. The summed E-state index contributed by atoms with van der Waals surface area (Å²) in [6, 6.07) is 12.0. The van der Waals surface area contributed by atoms with Crippen molar-refractivity contribution in [3.8, 4) is 0 Å². The molecule has 158 valence electrons. The highest BCUT2D eigenvalue weighted by Crippen LogP contribution is 2.29. The molecule has 2 aromatic carbocycles. The third-order valence-electron chi connectivity index (χ3n) is 4.87. The van der Waals surface area contributed by atoms with Gasteiger partial charge in [0.15, 0.2) is 0 Å². The number of rotatable bonds is 9. The van der Waals surface area contributed by atoms with Crippen LogP contribution in [0.3, 0.4) is 0 Å². The Morgan fingerprint density at radius 3 is 2.40 bits per heavy atom. The molecule has 2 N–H and O–H groups in total. The number of carbonyl (C=O) groups excluding carboxylic acids is 2. The first-order valence-electron chi connectivity index (χ1n) is 9.81. The number of esters is 1. The van der Waals surface area contributed by atoms with Gasteiger partial charge in [0.25, 0.3) is 5.91 Å². The van der Waals surface area contributed by atoms with Gasteiger partial charge in [0, 0.05) is 12.2 Å². The van der Waals surface area contributed by atoms with Gasteiger partial charge in [-0.25, -0.2) is 4.79 Å². The number of benzene rings is 2. The van der Waals surface area contributed by atoms with Crippen LogP contribution in [0.2, 0.25) is 10.0 Å². The van der Waals surface area contributed by atoms with Gasteiger partial charge in [-0.05, 0) is 55.0 Å². The molecule has 7 heteroatoms. The van der Waals surface area contributed by atoms with E-state index in [1.807, 2.05) is 36.4 Å². The van der Waals surface area contributed by atoms with E-state index in [0.29, 0.717) is 0 Å². The van der Waals surface area contributed by atoms with Crippen molar-refractivity contribution in [3.05, 3.63) is 69.7 Å². The minimum Gasteiger partial charge on any atom is -0.467 e. The van der Waals surface area contributed by atoms with Gasteiger partial charge in [0.1, 0.15) is 6.04 Å². The van der Waals surface area contributed by atoms with E-state index in [1.165, 1.54) is 20.0 Å². The summed E-state index contributed by atoms with van der Waals surface area (Å²) >= 11 is 12.2. The van der Waals surface area contributed by atoms with Crippen molar-refractivity contribution in [3.63, 3.8) is 0 Å². The van der Waals surface area contributed by atoms with Crippen LogP contribution in [0.4, 0.5) is 5.69 Å². The minimum atomic E-state index is -0.856. The Balaban J connectivity index is 1.60. The van der Waals surface area contributed by atoms with E-state index in [2.05, 4.69) is 10.6 Å². The molecular weight excluding hydrogens is 423 g/mol. The summed E-state index contributed by atoms with van der Waals surface area (Å²) in [6.07, 6.45) is 6.61. The smallest absolute Gasteiger partial charge is 0.328 e. The lowest BCUT2D eigenvalue weighted by atomic mass is 10.1. The monoisotopic (exact) mass is 446 g/mol. The van der Waals surface area contributed by atoms with Gasteiger partial charge >= 0.3 is 5.97 Å². The quantitative estimate of drug-likeness (QED) is 0.520. The SMILES string of the molecule is COC(=O)C(C/C=C/c1ccc(NCC2CC2)cc1)NC(=O)c1c(Cl)cccc1Cl. The molecule has 0 radical (unpaired) electrons. The molecule has 0 bridgehead atoms. The zero-order chi connectivity index (χ0) is 21.5. The molecule has 0 aliphatic heterocycles. The van der Waals surface area contributed by atoms with E-state index < -0.39 is 17.9 Å². The summed E-state index contributed by atoms with van der Waals surface area (Å²) in [5.41, 5.74) is 2.22. The Hall–Kier alpha value is -2.50. The fourth-order valence-electron chi connectivity index (χ4n) is 2.94. The number of methoxy groups -OCH3 is 1. The van der Waals surface area contributed by atoms with E-state index in [0.717, 1.165) is 23.7 Å². The third-order valence-corrected chi connectivity index (χ3v) is 5.50. The number of carbonyl (C=O) groups is 2. The van der Waals surface area contributed by atoms with Crippen LogP contribution >= 0.6 is 23.2 Å². The number of ether oxygens (including phenoxy) is 1. The number of hydrogen-bond acceptors (Lipinski definition) is 4. The topological polar surface area (TPSA) is 67.4 Å². The Kier molecular flexibility index (Phi) is 7.77. The predicted molar refractivity (Wildman–Crippen MR) is 121 cm³/mol. The number of hydrogen-bond donors (Lipinski definition) is 2. The number of nitrogens with one attached hydrogen (secondary N) is 2. The first kappa shape index (κ1) is 22.2. The van der Waals surface area contributed by atoms with Crippen LogP contribution < -0.4 is 10.6 Å². The third kappa shape index (κ3) is 6.25. The number of anilines is 1. The Morgan fingerprint density at radius 1 is 1.13 bits per heavy atom. The molecule has 0 aromatic heterocycles. The highest BCUT2D eigenvalue weighted by Gasteiger charge is 2.23. The lowest BCUT2D eigenvalue weighted by molar-refractivity contribution is -0.142. The van der Waals surface area contributed by atoms with Gasteiger partial charge in [-0.2, -0.15) is 0 Å². The van der Waals surface area contributed by atoms with Gasteiger partial charge in [-0.1, -0.05) is 53.6 Å². The molecule has 0 heterocycles. The Bertz CT molecular complexity index is 904. The van der Waals surface area contributed by atoms with E-state index in [-0.39, 0.29) is 22.0 Å². The van der Waals surface area contributed by atoms with Crippen molar-refractivity contribution in [2.24, 2.45) is 5.92 Å². The van der Waals surface area contributed by atoms with Crippen molar-refractivity contribution < 1.29 is 14.3 Å². The second-order valence-electron chi connectivity index (χ2n) is 7.23. The maximum atomic E-state index is 12.6. The predicted octanol–water partition coefficient (Wildman–Crippen LogP) is 5.19. The van der Waals surface area contributed by atoms with Gasteiger partial charge < -0.3 is 15.4 Å². The van der Waals surface area contributed by atoms with Crippen LogP contribution in [-0.4, -0.2) is 31.6 Å². The Morgan fingerprint density at radius 2 is 1.80 bits per heavy atom. The fraction of sp³-hybridized carbons (Fsp3) is 0.304. The summed E-state index contributed by atoms with van der Waals surface area (Å²) in [6.45, 7) is 1.02. The normalized spacial score (nSPS) is 14.4. The van der Waals surface area contributed by atoms with Crippen LogP contribution in [0.5, 0.6) is 0 Å². The lowest BCUT2D eigenvalue weighted by Gasteiger charge is -2.16. The van der Waals surface area contributed by atoms with Crippen molar-refractivity contribution in [1.82, 2.24) is 5.32 Å². The van der Waals surface area contributed by atoms with Crippen LogP contribution in [0.25, 0.3) is 6.08 Å². The fourth-order valence-corrected chi connectivity index (χ4v) is 3.51. The minimum absolute atomic E-state index is 0.132. The van der Waals surface area contributed by atoms with Crippen molar-refractivity contribution in [2.75, 3.05) is 19.0 Å². The maximum Gasteiger partial charge on any atom is 0.328 e. The zero-order valence-electron chi connectivity index (χ0n) is 16.7. The molecule has 1 aliphatic carbocycles. The molecule has 5 nitrogen and oxygen atoms in total. The molecule has 1 fully saturated rings. The molecule has 0 saturated heterocycles. The number of amides is 1. The Labute approximate surface area is 186 Å². The molecular formula is C23H24Cl2N2O3. The molecule has 1 aliphatic rings. The molecule has 3 rings (SSSR count). The first-order chi connectivity index (χ1) is 14.5. The second kappa shape index (κ2) is 10.5. The average Bonchev–Trinajstić information content (AvgIpc) is 3.56. The summed E-state index contributed by atoms with van der Waals surface area (Å²) in [5, 5.41) is 6.51. The maximum absolute atomic E-state index is 12.6. The van der Waals surface area contributed by atoms with Crippen molar-refractivity contribution in [1.29, 1.82) is 0 Å². The average molecular weight is 447 g/mol. The molecule has 1 atom stereocenters. The number of halogens is 2. The van der Waals surface area contributed by atoms with Gasteiger partial charge in [-0.15, -0.1) is 0 Å². The van der Waals surface area contributed by atoms with E-state index >= 15 is 0 Å². The molecule has 30 heavy (non-hydrogen) atoms. The van der Waals surface area contributed by atoms with Gasteiger partial charge in [-0.3, -0.25) is 4.79 Å². The van der Waals surface area contributed by atoms with Gasteiger partial charge in [0.05, 0.1) is 22.7 Å². The highest BCUT2D eigenvalue weighted by atomic mass is 35.5. The van der Waals surface area contributed by atoms with E-state index in [9.17, 15) is 9.59 Å². The molecule has 0 spiro atoms. The van der Waals surface area contributed by atoms with Gasteiger partial charge in [0.2, 0.25) is 0 Å².